The minimum atomic E-state index is -0.504. The number of anilines is 2. The van der Waals surface area contributed by atoms with Gasteiger partial charge >= 0.3 is 5.97 Å². The number of nitrogens with one attached hydrogen (secondary N) is 1. The molecule has 9 heteroatoms. The van der Waals surface area contributed by atoms with Crippen LogP contribution in [0.1, 0.15) is 27.7 Å². The van der Waals surface area contributed by atoms with Crippen LogP contribution in [0.15, 0.2) is 48.7 Å². The van der Waals surface area contributed by atoms with Gasteiger partial charge in [-0.2, -0.15) is 0 Å². The third-order valence-corrected chi connectivity index (χ3v) is 6.21. The van der Waals surface area contributed by atoms with Gasteiger partial charge < -0.3 is 19.5 Å². The zero-order valence-corrected chi connectivity index (χ0v) is 21.0. The minimum absolute atomic E-state index is 0.235. The summed E-state index contributed by atoms with van der Waals surface area (Å²) in [7, 11) is 3.26. The summed E-state index contributed by atoms with van der Waals surface area (Å²) in [6, 6.07) is 13.3. The fourth-order valence-electron chi connectivity index (χ4n) is 3.56. The number of esters is 1. The highest BCUT2D eigenvalue weighted by Gasteiger charge is 2.19. The van der Waals surface area contributed by atoms with Crippen LogP contribution in [0.4, 0.5) is 10.9 Å². The van der Waals surface area contributed by atoms with Crippen LogP contribution in [0.5, 0.6) is 11.5 Å². The van der Waals surface area contributed by atoms with E-state index in [1.165, 1.54) is 17.5 Å². The monoisotopic (exact) mass is 490 g/mol. The van der Waals surface area contributed by atoms with Crippen LogP contribution in [0, 0.1) is 13.8 Å². The van der Waals surface area contributed by atoms with Crippen molar-refractivity contribution >= 4 is 28.3 Å². The molecule has 0 atom stereocenters. The first-order valence-corrected chi connectivity index (χ1v) is 11.8. The molecule has 2 aromatic heterocycles. The van der Waals surface area contributed by atoms with Gasteiger partial charge in [0, 0.05) is 22.2 Å². The number of aromatic nitrogens is 3. The lowest BCUT2D eigenvalue weighted by Crippen LogP contribution is -2.11. The van der Waals surface area contributed by atoms with E-state index in [4.69, 9.17) is 19.2 Å². The summed E-state index contributed by atoms with van der Waals surface area (Å²) in [5, 5.41) is 3.83. The van der Waals surface area contributed by atoms with E-state index >= 15 is 0 Å². The lowest BCUT2D eigenvalue weighted by molar-refractivity contribution is 0.0526. The first-order chi connectivity index (χ1) is 16.9. The van der Waals surface area contributed by atoms with Gasteiger partial charge in [-0.3, -0.25) is 0 Å². The van der Waals surface area contributed by atoms with E-state index in [2.05, 4.69) is 15.3 Å². The van der Waals surface area contributed by atoms with Crippen molar-refractivity contribution in [2.45, 2.75) is 20.8 Å². The van der Waals surface area contributed by atoms with Crippen LogP contribution >= 0.6 is 11.3 Å². The maximum Gasteiger partial charge on any atom is 0.343 e. The van der Waals surface area contributed by atoms with E-state index < -0.39 is 5.97 Å². The highest BCUT2D eigenvalue weighted by Crippen LogP contribution is 2.34. The third-order valence-electron chi connectivity index (χ3n) is 5.32. The second-order valence-electron chi connectivity index (χ2n) is 7.64. The number of thiazole rings is 1. The number of hydrogen-bond donors (Lipinski definition) is 1. The maximum absolute atomic E-state index is 12.6. The molecule has 8 nitrogen and oxygen atoms in total. The molecule has 0 bridgehead atoms. The quantitative estimate of drug-likeness (QED) is 0.309. The fraction of sp³-hybridized carbons (Fsp3) is 0.231. The number of carbonyl (C=O) groups excluding carboxylic acids is 1. The Hall–Kier alpha value is -3.98. The topological polar surface area (TPSA) is 95.5 Å². The summed E-state index contributed by atoms with van der Waals surface area (Å²) in [6.07, 6.45) is 1.47. The van der Waals surface area contributed by atoms with Crippen molar-refractivity contribution in [3.8, 4) is 34.1 Å². The van der Waals surface area contributed by atoms with E-state index in [0.29, 0.717) is 16.8 Å². The molecule has 1 N–H and O–H groups in total. The molecule has 0 unspecified atom stereocenters. The Morgan fingerprint density at radius 2 is 1.74 bits per heavy atom. The number of rotatable bonds is 8. The second kappa shape index (κ2) is 10.5. The summed E-state index contributed by atoms with van der Waals surface area (Å²) in [5.74, 6) is 1.84. The van der Waals surface area contributed by atoms with E-state index in [-0.39, 0.29) is 12.2 Å². The van der Waals surface area contributed by atoms with E-state index in [9.17, 15) is 4.79 Å². The maximum atomic E-state index is 12.6. The average Bonchev–Trinajstić information content (AvgIpc) is 3.23. The summed E-state index contributed by atoms with van der Waals surface area (Å²) in [6.45, 7) is 6.00. The highest BCUT2D eigenvalue weighted by molar-refractivity contribution is 7.16. The van der Waals surface area contributed by atoms with Crippen molar-refractivity contribution in [3.63, 3.8) is 0 Å². The van der Waals surface area contributed by atoms with Crippen molar-refractivity contribution in [1.82, 2.24) is 15.0 Å². The van der Waals surface area contributed by atoms with Crippen LogP contribution in [-0.2, 0) is 4.74 Å². The molecule has 35 heavy (non-hydrogen) atoms. The Kier molecular flexibility index (Phi) is 7.26. The molecule has 0 fully saturated rings. The number of benzene rings is 2. The molecule has 0 spiro atoms. The summed E-state index contributed by atoms with van der Waals surface area (Å²) in [4.78, 5) is 27.4. The largest absolute Gasteiger partial charge is 0.497 e. The molecular formula is C26H26N4O4S. The van der Waals surface area contributed by atoms with Crippen molar-refractivity contribution in [3.05, 3.63) is 64.7 Å². The second-order valence-corrected chi connectivity index (χ2v) is 8.84. The smallest absolute Gasteiger partial charge is 0.343 e. The van der Waals surface area contributed by atoms with Crippen molar-refractivity contribution in [1.29, 1.82) is 0 Å². The van der Waals surface area contributed by atoms with E-state index in [0.717, 1.165) is 38.8 Å². The minimum Gasteiger partial charge on any atom is -0.497 e. The molecule has 0 amide bonds. The molecule has 2 aromatic carbocycles. The van der Waals surface area contributed by atoms with Gasteiger partial charge in [0.1, 0.15) is 17.1 Å². The molecule has 0 aliphatic heterocycles. The van der Waals surface area contributed by atoms with Gasteiger partial charge in [-0.25, -0.2) is 19.7 Å². The predicted octanol–water partition coefficient (Wildman–Crippen LogP) is 5.82. The SMILES string of the molecule is CCOC(=O)c1cnc(-c2ccc(OC)cc2)nc1Nc1nc(-c2ccc(OC)c(C)c2)c(C)s1. The van der Waals surface area contributed by atoms with Crippen molar-refractivity contribution in [2.75, 3.05) is 26.1 Å². The lowest BCUT2D eigenvalue weighted by atomic mass is 10.1. The van der Waals surface area contributed by atoms with Crippen LogP contribution in [0.3, 0.4) is 0 Å². The molecule has 2 heterocycles. The van der Waals surface area contributed by atoms with Gasteiger partial charge in [0.2, 0.25) is 0 Å². The van der Waals surface area contributed by atoms with Gasteiger partial charge in [-0.05, 0) is 68.8 Å². The van der Waals surface area contributed by atoms with Crippen LogP contribution in [0.25, 0.3) is 22.6 Å². The fourth-order valence-corrected chi connectivity index (χ4v) is 4.39. The molecule has 4 rings (SSSR count). The molecule has 0 saturated heterocycles. The lowest BCUT2D eigenvalue weighted by Gasteiger charge is -2.10. The van der Waals surface area contributed by atoms with Gasteiger partial charge in [-0.15, -0.1) is 11.3 Å². The number of hydrogen-bond acceptors (Lipinski definition) is 9. The van der Waals surface area contributed by atoms with Gasteiger partial charge in [-0.1, -0.05) is 0 Å². The molecule has 0 radical (unpaired) electrons. The normalized spacial score (nSPS) is 10.7. The Morgan fingerprint density at radius 1 is 1.00 bits per heavy atom. The highest BCUT2D eigenvalue weighted by atomic mass is 32.1. The molecule has 0 aliphatic carbocycles. The average molecular weight is 491 g/mol. The molecule has 180 valence electrons. The zero-order chi connectivity index (χ0) is 24.9. The number of aryl methyl sites for hydroxylation is 2. The summed E-state index contributed by atoms with van der Waals surface area (Å²) in [5.41, 5.74) is 3.88. The number of ether oxygens (including phenoxy) is 3. The zero-order valence-electron chi connectivity index (χ0n) is 20.2. The molecule has 0 saturated carbocycles. The van der Waals surface area contributed by atoms with Crippen LogP contribution in [-0.4, -0.2) is 41.7 Å². The van der Waals surface area contributed by atoms with Gasteiger partial charge in [0.25, 0.3) is 0 Å². The summed E-state index contributed by atoms with van der Waals surface area (Å²) < 4.78 is 15.8. The van der Waals surface area contributed by atoms with E-state index in [1.54, 1.807) is 21.1 Å². The Balaban J connectivity index is 1.70. The van der Waals surface area contributed by atoms with Crippen LogP contribution < -0.4 is 14.8 Å². The predicted molar refractivity (Wildman–Crippen MR) is 137 cm³/mol. The number of nitrogens with zero attached hydrogens (tertiary/aromatic N) is 3. The van der Waals surface area contributed by atoms with Gasteiger partial charge in [0.15, 0.2) is 16.8 Å². The number of carbonyl (C=O) groups is 1. The molecule has 4 aromatic rings. The van der Waals surface area contributed by atoms with Gasteiger partial charge in [0.05, 0.1) is 26.5 Å². The first kappa shape index (κ1) is 24.2. The standard InChI is InChI=1S/C26H26N4O4S/c1-6-34-25(31)20-14-27-23(17-7-10-19(32-4)11-8-17)29-24(20)30-26-28-22(16(3)35-26)18-9-12-21(33-5)15(2)13-18/h7-14H,6H2,1-5H3,(H,27,28,29,30). The van der Waals surface area contributed by atoms with Crippen LogP contribution in [0.2, 0.25) is 0 Å². The molecule has 0 aliphatic rings. The van der Waals surface area contributed by atoms with Crippen molar-refractivity contribution in [2.24, 2.45) is 0 Å². The third kappa shape index (κ3) is 5.25. The Labute approximate surface area is 208 Å². The Morgan fingerprint density at radius 3 is 2.40 bits per heavy atom. The first-order valence-electron chi connectivity index (χ1n) is 11.0. The Bertz CT molecular complexity index is 1350. The molecular weight excluding hydrogens is 464 g/mol. The summed E-state index contributed by atoms with van der Waals surface area (Å²) >= 11 is 1.48. The van der Waals surface area contributed by atoms with Crippen molar-refractivity contribution < 1.29 is 19.0 Å². The number of methoxy groups -OCH3 is 2. The van der Waals surface area contributed by atoms with E-state index in [1.807, 2.05) is 56.3 Å².